The van der Waals surface area contributed by atoms with Gasteiger partial charge in [0.05, 0.1) is 11.9 Å². The number of ether oxygens (including phenoxy) is 1. The van der Waals surface area contributed by atoms with Crippen LogP contribution in [0.15, 0.2) is 42.7 Å². The van der Waals surface area contributed by atoms with Gasteiger partial charge in [0.15, 0.2) is 0 Å². The zero-order valence-electron chi connectivity index (χ0n) is 16.6. The Morgan fingerprint density at radius 3 is 2.66 bits per heavy atom. The summed E-state index contributed by atoms with van der Waals surface area (Å²) in [7, 11) is 2.19. The lowest BCUT2D eigenvalue weighted by atomic mass is 9.97. The second-order valence-electron chi connectivity index (χ2n) is 8.52. The van der Waals surface area contributed by atoms with Crippen molar-refractivity contribution in [3.63, 3.8) is 0 Å². The monoisotopic (exact) mass is 387 g/mol. The first-order valence-electron chi connectivity index (χ1n) is 10.5. The Labute approximate surface area is 170 Å². The average molecular weight is 387 g/mol. The van der Waals surface area contributed by atoms with Gasteiger partial charge in [-0.25, -0.2) is 4.98 Å². The molecule has 5 heterocycles. The van der Waals surface area contributed by atoms with Gasteiger partial charge in [-0.2, -0.15) is 5.10 Å². The first-order valence-corrected chi connectivity index (χ1v) is 10.5. The summed E-state index contributed by atoms with van der Waals surface area (Å²) in [4.78, 5) is 7.37. The fourth-order valence-electron chi connectivity index (χ4n) is 5.17. The molecule has 6 heteroatoms. The van der Waals surface area contributed by atoms with Gasteiger partial charge in [-0.1, -0.05) is 6.07 Å². The van der Waals surface area contributed by atoms with Gasteiger partial charge in [0.25, 0.3) is 0 Å². The number of nitrogens with zero attached hydrogens (tertiary/aromatic N) is 3. The van der Waals surface area contributed by atoms with E-state index in [-0.39, 0.29) is 0 Å². The lowest BCUT2D eigenvalue weighted by Gasteiger charge is -2.36. The van der Waals surface area contributed by atoms with Crippen molar-refractivity contribution >= 4 is 5.82 Å². The van der Waals surface area contributed by atoms with Gasteiger partial charge in [-0.15, -0.1) is 0 Å². The first kappa shape index (κ1) is 17.0. The highest BCUT2D eigenvalue weighted by Crippen LogP contribution is 2.40. The van der Waals surface area contributed by atoms with Crippen LogP contribution in [0.5, 0.6) is 5.75 Å². The summed E-state index contributed by atoms with van der Waals surface area (Å²) in [6.07, 6.45) is 8.78. The number of rotatable bonds is 3. The molecule has 1 unspecified atom stereocenters. The highest BCUT2D eigenvalue weighted by molar-refractivity contribution is 5.79. The number of nitrogens with one attached hydrogen (secondary N) is 2. The third-order valence-electron chi connectivity index (χ3n) is 6.78. The molecule has 3 aromatic rings. The van der Waals surface area contributed by atoms with E-state index in [1.165, 1.54) is 31.2 Å². The Morgan fingerprint density at radius 2 is 1.86 bits per heavy atom. The maximum Gasteiger partial charge on any atom is 0.131 e. The third-order valence-corrected chi connectivity index (χ3v) is 6.78. The predicted molar refractivity (Wildman–Crippen MR) is 113 cm³/mol. The van der Waals surface area contributed by atoms with Gasteiger partial charge in [0.1, 0.15) is 18.2 Å². The summed E-state index contributed by atoms with van der Waals surface area (Å²) in [5.41, 5.74) is 5.47. The maximum atomic E-state index is 6.09. The number of hydrogen-bond acceptors (Lipinski definition) is 5. The Hall–Kier alpha value is -2.86. The van der Waals surface area contributed by atoms with Crippen molar-refractivity contribution in [2.45, 2.75) is 50.4 Å². The fraction of sp³-hybridized carbons (Fsp3) is 0.391. The second-order valence-corrected chi connectivity index (χ2v) is 8.52. The molecule has 2 aromatic heterocycles. The summed E-state index contributed by atoms with van der Waals surface area (Å²) >= 11 is 0. The molecule has 0 radical (unpaired) electrons. The molecule has 3 aliphatic rings. The molecular formula is C23H25N5O. The van der Waals surface area contributed by atoms with E-state index in [4.69, 9.17) is 9.72 Å². The molecule has 2 saturated heterocycles. The lowest BCUT2D eigenvalue weighted by molar-refractivity contribution is 0.297. The van der Waals surface area contributed by atoms with Gasteiger partial charge < -0.3 is 15.0 Å². The van der Waals surface area contributed by atoms with Crippen LogP contribution in [0.1, 0.15) is 31.4 Å². The summed E-state index contributed by atoms with van der Waals surface area (Å²) in [5.74, 6) is 1.96. The van der Waals surface area contributed by atoms with E-state index >= 15 is 0 Å². The first-order chi connectivity index (χ1) is 14.2. The molecule has 3 atom stereocenters. The Bertz CT molecular complexity index is 1040. The van der Waals surface area contributed by atoms with Crippen molar-refractivity contribution < 1.29 is 4.74 Å². The Morgan fingerprint density at radius 1 is 1.03 bits per heavy atom. The van der Waals surface area contributed by atoms with Crippen LogP contribution in [0.2, 0.25) is 0 Å². The van der Waals surface area contributed by atoms with E-state index in [0.29, 0.717) is 24.7 Å². The molecule has 148 valence electrons. The van der Waals surface area contributed by atoms with E-state index in [2.05, 4.69) is 57.8 Å². The van der Waals surface area contributed by atoms with Crippen molar-refractivity contribution in [3.05, 3.63) is 48.4 Å². The van der Waals surface area contributed by atoms with E-state index in [9.17, 15) is 0 Å². The van der Waals surface area contributed by atoms with Gasteiger partial charge in [0.2, 0.25) is 0 Å². The molecule has 0 aliphatic carbocycles. The largest absolute Gasteiger partial charge is 0.487 e. The summed E-state index contributed by atoms with van der Waals surface area (Å²) in [6, 6.07) is 12.6. The van der Waals surface area contributed by atoms with Gasteiger partial charge in [-0.05, 0) is 55.5 Å². The summed E-state index contributed by atoms with van der Waals surface area (Å²) < 4.78 is 6.09. The highest BCUT2D eigenvalue weighted by Gasteiger charge is 2.35. The third kappa shape index (κ3) is 2.90. The minimum absolute atomic E-state index is 0.510. The van der Waals surface area contributed by atoms with Crippen LogP contribution in [-0.4, -0.2) is 40.4 Å². The van der Waals surface area contributed by atoms with Crippen molar-refractivity contribution in [2.75, 3.05) is 11.9 Å². The van der Waals surface area contributed by atoms with Crippen molar-refractivity contribution in [1.82, 2.24) is 20.5 Å². The number of pyridine rings is 1. The van der Waals surface area contributed by atoms with Crippen molar-refractivity contribution in [1.29, 1.82) is 0 Å². The molecule has 0 saturated carbocycles. The van der Waals surface area contributed by atoms with Crippen molar-refractivity contribution in [2.24, 2.45) is 0 Å². The molecule has 3 aliphatic heterocycles. The van der Waals surface area contributed by atoms with Crippen LogP contribution in [0.25, 0.3) is 22.3 Å². The molecule has 1 aromatic carbocycles. The summed E-state index contributed by atoms with van der Waals surface area (Å²) in [6.45, 7) is 0.510. The van der Waals surface area contributed by atoms with Crippen LogP contribution >= 0.6 is 0 Å². The predicted octanol–water partition coefficient (Wildman–Crippen LogP) is 3.75. The number of H-pyrrole nitrogens is 1. The standard InChI is InChI=1S/C23H25N5O/c1-28(18-9-16-3-4-17(10-18)26-16)23-7-6-19-20-5-2-14(15-11-24-25-12-15)8-22(20)29-13-21(19)27-23/h2,5-8,11-12,16-18,26H,3-4,9-10,13H2,1H3,(H,24,25)/t16-,17+,18?. The van der Waals surface area contributed by atoms with Crippen LogP contribution in [0, 0.1) is 0 Å². The molecule has 0 spiro atoms. The van der Waals surface area contributed by atoms with Crippen molar-refractivity contribution in [3.8, 4) is 28.0 Å². The number of anilines is 1. The number of fused-ring (bicyclic) bond motifs is 5. The Balaban J connectivity index is 1.29. The minimum Gasteiger partial charge on any atom is -0.487 e. The molecule has 0 amide bonds. The lowest BCUT2D eigenvalue weighted by Crippen LogP contribution is -2.47. The second kappa shape index (κ2) is 6.59. The van der Waals surface area contributed by atoms with E-state index in [0.717, 1.165) is 34.0 Å². The summed E-state index contributed by atoms with van der Waals surface area (Å²) in [5, 5.41) is 10.6. The van der Waals surface area contributed by atoms with Crippen LogP contribution in [0.3, 0.4) is 0 Å². The minimum atomic E-state index is 0.510. The van der Waals surface area contributed by atoms with Crippen LogP contribution in [-0.2, 0) is 6.61 Å². The molecule has 2 N–H and O–H groups in total. The van der Waals surface area contributed by atoms with Crippen LogP contribution < -0.4 is 15.0 Å². The molecule has 2 fully saturated rings. The van der Waals surface area contributed by atoms with E-state index in [1.54, 1.807) is 0 Å². The smallest absolute Gasteiger partial charge is 0.131 e. The Kier molecular flexibility index (Phi) is 3.87. The molecule has 6 nitrogen and oxygen atoms in total. The SMILES string of the molecule is CN(c1ccc2c(n1)COc1cc(-c3cn[nH]c3)ccc1-2)C1C[C@H]2CC[C@@H](C1)N2. The van der Waals surface area contributed by atoms with Gasteiger partial charge in [-0.3, -0.25) is 5.10 Å². The number of piperidine rings is 1. The average Bonchev–Trinajstić information content (AvgIpc) is 3.42. The van der Waals surface area contributed by atoms with E-state index in [1.807, 2.05) is 12.4 Å². The number of hydrogen-bond donors (Lipinski definition) is 2. The molecular weight excluding hydrogens is 362 g/mol. The highest BCUT2D eigenvalue weighted by atomic mass is 16.5. The quantitative estimate of drug-likeness (QED) is 0.717. The topological polar surface area (TPSA) is 66.1 Å². The van der Waals surface area contributed by atoms with E-state index < -0.39 is 0 Å². The zero-order chi connectivity index (χ0) is 19.4. The number of benzene rings is 1. The molecule has 29 heavy (non-hydrogen) atoms. The molecule has 2 bridgehead atoms. The molecule has 6 rings (SSSR count). The number of aromatic nitrogens is 3. The number of aromatic amines is 1. The van der Waals surface area contributed by atoms with Gasteiger partial charge in [0, 0.05) is 48.1 Å². The van der Waals surface area contributed by atoms with Crippen LogP contribution in [0.4, 0.5) is 5.82 Å². The zero-order valence-corrected chi connectivity index (χ0v) is 16.6. The normalized spacial score (nSPS) is 24.5. The maximum absolute atomic E-state index is 6.09. The fourth-order valence-corrected chi connectivity index (χ4v) is 5.17. The van der Waals surface area contributed by atoms with Gasteiger partial charge >= 0.3 is 0 Å².